The standard InChI is InChI=1S/C20H24N2O4/c1-20(2,3)16-8-4-14(5-9-16)18(23)21-12-13-26-17-10-6-15(7-11-17)19(24)22-25/h4-11,25H,12-13H2,1-3H3,(H,21,23)(H,22,24). The largest absolute Gasteiger partial charge is 0.492 e. The van der Waals surface area contributed by atoms with Crippen molar-refractivity contribution in [3.63, 3.8) is 0 Å². The van der Waals surface area contributed by atoms with Gasteiger partial charge in [0.25, 0.3) is 11.8 Å². The van der Waals surface area contributed by atoms with Gasteiger partial charge in [-0.1, -0.05) is 32.9 Å². The number of ether oxygens (including phenoxy) is 1. The number of hydrogen-bond acceptors (Lipinski definition) is 4. The van der Waals surface area contributed by atoms with Crippen LogP contribution in [0.4, 0.5) is 0 Å². The molecule has 0 saturated carbocycles. The van der Waals surface area contributed by atoms with Gasteiger partial charge in [-0.15, -0.1) is 0 Å². The zero-order chi connectivity index (χ0) is 19.2. The smallest absolute Gasteiger partial charge is 0.274 e. The van der Waals surface area contributed by atoms with Crippen LogP contribution < -0.4 is 15.5 Å². The molecule has 2 aromatic rings. The maximum absolute atomic E-state index is 12.1. The van der Waals surface area contributed by atoms with Crippen molar-refractivity contribution in [3.8, 4) is 5.75 Å². The van der Waals surface area contributed by atoms with Crippen LogP contribution in [0.25, 0.3) is 0 Å². The topological polar surface area (TPSA) is 87.7 Å². The first kappa shape index (κ1) is 19.5. The number of hydrogen-bond donors (Lipinski definition) is 3. The molecule has 0 bridgehead atoms. The fraction of sp³-hybridized carbons (Fsp3) is 0.300. The van der Waals surface area contributed by atoms with E-state index < -0.39 is 5.91 Å². The van der Waals surface area contributed by atoms with Crippen molar-refractivity contribution in [2.45, 2.75) is 26.2 Å². The van der Waals surface area contributed by atoms with Crippen molar-refractivity contribution in [2.75, 3.05) is 13.2 Å². The lowest BCUT2D eigenvalue weighted by molar-refractivity contribution is 0.0706. The maximum Gasteiger partial charge on any atom is 0.274 e. The van der Waals surface area contributed by atoms with Gasteiger partial charge in [0.1, 0.15) is 12.4 Å². The number of benzene rings is 2. The summed E-state index contributed by atoms with van der Waals surface area (Å²) in [7, 11) is 0. The lowest BCUT2D eigenvalue weighted by Gasteiger charge is -2.19. The molecule has 0 aliphatic heterocycles. The third-order valence-corrected chi connectivity index (χ3v) is 3.89. The summed E-state index contributed by atoms with van der Waals surface area (Å²) < 4.78 is 5.52. The van der Waals surface area contributed by atoms with Gasteiger partial charge in [0.15, 0.2) is 0 Å². The van der Waals surface area contributed by atoms with Crippen LogP contribution in [0.5, 0.6) is 5.75 Å². The van der Waals surface area contributed by atoms with Crippen LogP contribution in [0.2, 0.25) is 0 Å². The van der Waals surface area contributed by atoms with Crippen LogP contribution in [-0.2, 0) is 5.41 Å². The molecule has 3 N–H and O–H groups in total. The number of amides is 2. The summed E-state index contributed by atoms with van der Waals surface area (Å²) in [4.78, 5) is 23.4. The highest BCUT2D eigenvalue weighted by molar-refractivity contribution is 5.94. The molecule has 0 saturated heterocycles. The first-order valence-electron chi connectivity index (χ1n) is 8.37. The van der Waals surface area contributed by atoms with Gasteiger partial charge in [-0.2, -0.15) is 0 Å². The molecule has 0 fully saturated rings. The van der Waals surface area contributed by atoms with Crippen LogP contribution in [0, 0.1) is 0 Å². The number of rotatable bonds is 6. The number of nitrogens with one attached hydrogen (secondary N) is 2. The van der Waals surface area contributed by atoms with Crippen molar-refractivity contribution in [1.29, 1.82) is 0 Å². The summed E-state index contributed by atoms with van der Waals surface area (Å²) in [5, 5.41) is 11.4. The number of hydroxylamine groups is 1. The van der Waals surface area contributed by atoms with E-state index >= 15 is 0 Å². The molecule has 6 nitrogen and oxygen atoms in total. The van der Waals surface area contributed by atoms with E-state index in [1.54, 1.807) is 17.6 Å². The highest BCUT2D eigenvalue weighted by atomic mass is 16.5. The first-order valence-corrected chi connectivity index (χ1v) is 8.37. The predicted octanol–water partition coefficient (Wildman–Crippen LogP) is 2.91. The molecular formula is C20H24N2O4. The second kappa shape index (κ2) is 8.49. The van der Waals surface area contributed by atoms with Gasteiger partial charge in [0, 0.05) is 11.1 Å². The molecule has 0 aliphatic carbocycles. The lowest BCUT2D eigenvalue weighted by atomic mass is 9.87. The molecule has 2 amide bonds. The van der Waals surface area contributed by atoms with Gasteiger partial charge in [0.05, 0.1) is 6.54 Å². The molecule has 2 rings (SSSR count). The Morgan fingerprint density at radius 1 is 0.923 bits per heavy atom. The molecule has 0 spiro atoms. The van der Waals surface area contributed by atoms with E-state index in [0.29, 0.717) is 30.0 Å². The number of carbonyl (C=O) groups excluding carboxylic acids is 2. The van der Waals surface area contributed by atoms with Gasteiger partial charge in [-0.3, -0.25) is 14.8 Å². The Hall–Kier alpha value is -2.86. The van der Waals surface area contributed by atoms with Gasteiger partial charge in [0.2, 0.25) is 0 Å². The second-order valence-electron chi connectivity index (χ2n) is 6.90. The van der Waals surface area contributed by atoms with Crippen LogP contribution in [-0.4, -0.2) is 30.2 Å². The third-order valence-electron chi connectivity index (χ3n) is 3.89. The van der Waals surface area contributed by atoms with Gasteiger partial charge < -0.3 is 10.1 Å². The van der Waals surface area contributed by atoms with Crippen LogP contribution in [0.1, 0.15) is 47.1 Å². The quantitative estimate of drug-likeness (QED) is 0.422. The second-order valence-corrected chi connectivity index (χ2v) is 6.90. The average molecular weight is 356 g/mol. The van der Waals surface area contributed by atoms with Crippen molar-refractivity contribution in [1.82, 2.24) is 10.8 Å². The molecule has 2 aromatic carbocycles. The van der Waals surface area contributed by atoms with Gasteiger partial charge in [-0.05, 0) is 47.4 Å². The fourth-order valence-corrected chi connectivity index (χ4v) is 2.32. The summed E-state index contributed by atoms with van der Waals surface area (Å²) in [5.41, 5.74) is 3.73. The van der Waals surface area contributed by atoms with Crippen molar-refractivity contribution in [2.24, 2.45) is 0 Å². The Labute approximate surface area is 153 Å². The minimum absolute atomic E-state index is 0.0518. The molecule has 0 heterocycles. The Morgan fingerprint density at radius 3 is 2.00 bits per heavy atom. The molecule has 0 aromatic heterocycles. The molecule has 0 unspecified atom stereocenters. The summed E-state index contributed by atoms with van der Waals surface area (Å²) in [6.45, 7) is 7.04. The Balaban J connectivity index is 1.79. The van der Waals surface area contributed by atoms with Crippen molar-refractivity contribution < 1.29 is 19.5 Å². The fourth-order valence-electron chi connectivity index (χ4n) is 2.32. The van der Waals surface area contributed by atoms with E-state index in [0.717, 1.165) is 0 Å². The van der Waals surface area contributed by atoms with E-state index in [-0.39, 0.29) is 11.3 Å². The highest BCUT2D eigenvalue weighted by Crippen LogP contribution is 2.22. The van der Waals surface area contributed by atoms with E-state index in [1.807, 2.05) is 24.3 Å². The van der Waals surface area contributed by atoms with Crippen LogP contribution in [0.3, 0.4) is 0 Å². The van der Waals surface area contributed by atoms with E-state index in [4.69, 9.17) is 9.94 Å². The van der Waals surface area contributed by atoms with E-state index in [9.17, 15) is 9.59 Å². The summed E-state index contributed by atoms with van der Waals surface area (Å²) in [5.74, 6) is -0.159. The molecule has 0 atom stereocenters. The highest BCUT2D eigenvalue weighted by Gasteiger charge is 2.14. The van der Waals surface area contributed by atoms with Gasteiger partial charge >= 0.3 is 0 Å². The first-order chi connectivity index (χ1) is 12.3. The molecule has 26 heavy (non-hydrogen) atoms. The van der Waals surface area contributed by atoms with E-state index in [2.05, 4.69) is 26.1 Å². The molecule has 0 radical (unpaired) electrons. The normalized spacial score (nSPS) is 10.9. The molecule has 138 valence electrons. The van der Waals surface area contributed by atoms with Gasteiger partial charge in [-0.25, -0.2) is 5.48 Å². The molecule has 6 heteroatoms. The van der Waals surface area contributed by atoms with E-state index in [1.165, 1.54) is 17.7 Å². The van der Waals surface area contributed by atoms with Crippen molar-refractivity contribution in [3.05, 3.63) is 65.2 Å². The zero-order valence-electron chi connectivity index (χ0n) is 15.2. The zero-order valence-corrected chi connectivity index (χ0v) is 15.2. The summed E-state index contributed by atoms with van der Waals surface area (Å²) in [6.07, 6.45) is 0. The third kappa shape index (κ3) is 5.32. The predicted molar refractivity (Wildman–Crippen MR) is 98.7 cm³/mol. The van der Waals surface area contributed by atoms with Crippen LogP contribution >= 0.6 is 0 Å². The minimum atomic E-state index is -0.582. The average Bonchev–Trinajstić information content (AvgIpc) is 2.64. The Bertz CT molecular complexity index is 747. The number of carbonyl (C=O) groups is 2. The minimum Gasteiger partial charge on any atom is -0.492 e. The summed E-state index contributed by atoms with van der Waals surface area (Å²) in [6, 6.07) is 13.9. The lowest BCUT2D eigenvalue weighted by Crippen LogP contribution is -2.28. The Kier molecular flexibility index (Phi) is 6.36. The SMILES string of the molecule is CC(C)(C)c1ccc(C(=O)NCCOc2ccc(C(=O)NO)cc2)cc1. The molecular weight excluding hydrogens is 332 g/mol. The van der Waals surface area contributed by atoms with Crippen LogP contribution in [0.15, 0.2) is 48.5 Å². The monoisotopic (exact) mass is 356 g/mol. The van der Waals surface area contributed by atoms with Crippen molar-refractivity contribution >= 4 is 11.8 Å². The maximum atomic E-state index is 12.1. The summed E-state index contributed by atoms with van der Waals surface area (Å²) >= 11 is 0. The molecule has 0 aliphatic rings. The Morgan fingerprint density at radius 2 is 1.46 bits per heavy atom.